The molecule has 0 aliphatic carbocycles. The van der Waals surface area contributed by atoms with Crippen molar-refractivity contribution in [2.75, 3.05) is 0 Å². The van der Waals surface area contributed by atoms with E-state index in [9.17, 15) is 0 Å². The fourth-order valence-electron chi connectivity index (χ4n) is 4.83. The lowest BCUT2D eigenvalue weighted by Crippen LogP contribution is -2.35. The maximum atomic E-state index is 6.39. The minimum absolute atomic E-state index is 0.0634. The van der Waals surface area contributed by atoms with Gasteiger partial charge >= 0.3 is 0 Å². The third kappa shape index (κ3) is 4.77. The van der Waals surface area contributed by atoms with Crippen molar-refractivity contribution < 1.29 is 0 Å². The second kappa shape index (κ2) is 10.6. The van der Waals surface area contributed by atoms with Gasteiger partial charge in [-0.1, -0.05) is 95.5 Å². The maximum Gasteiger partial charge on any atom is 0.133 e. The molecule has 5 aromatic carbocycles. The van der Waals surface area contributed by atoms with E-state index in [4.69, 9.17) is 34.8 Å². The summed E-state index contributed by atoms with van der Waals surface area (Å²) >= 11 is 19.2. The lowest BCUT2D eigenvalue weighted by molar-refractivity contribution is 1.13. The van der Waals surface area contributed by atoms with Crippen LogP contribution in [0.5, 0.6) is 0 Å². The molecule has 5 aromatic rings. The lowest BCUT2D eigenvalue weighted by Gasteiger charge is -2.35. The van der Waals surface area contributed by atoms with E-state index < -0.39 is 7.26 Å². The second-order valence-corrected chi connectivity index (χ2v) is 13.2. The predicted octanol–water partition coefficient (Wildman–Crippen LogP) is 8.73. The zero-order valence-corrected chi connectivity index (χ0v) is 22.0. The van der Waals surface area contributed by atoms with Crippen molar-refractivity contribution in [1.29, 1.82) is 0 Å². The maximum absolute atomic E-state index is 6.39. The number of rotatable bonds is 6. The molecule has 0 amide bonds. The van der Waals surface area contributed by atoms with Gasteiger partial charge in [0, 0.05) is 15.1 Å². The minimum atomic E-state index is -2.34. The Morgan fingerprint density at radius 3 is 0.943 bits per heavy atom. The molecule has 0 atom stereocenters. The molecule has 0 aliphatic rings. The predicted molar refractivity (Wildman–Crippen MR) is 155 cm³/mol. The summed E-state index contributed by atoms with van der Waals surface area (Å²) < 4.78 is 0. The van der Waals surface area contributed by atoms with Gasteiger partial charge in [-0.15, -0.1) is 0 Å². The van der Waals surface area contributed by atoms with Gasteiger partial charge in [-0.2, -0.15) is 0 Å². The molecular formula is C31H23Cl3P+. The van der Waals surface area contributed by atoms with Crippen LogP contribution >= 0.6 is 42.1 Å². The summed E-state index contributed by atoms with van der Waals surface area (Å²) in [5.41, 5.74) is 2.58. The SMILES string of the molecule is Clc1ccc([P+](c2ccc(Cl)cc2)(c2ccc(Cl)cc2)C(c2ccccc2)c2ccccc2)cc1. The van der Waals surface area contributed by atoms with Crippen LogP contribution in [0.2, 0.25) is 15.1 Å². The third-order valence-corrected chi connectivity index (χ3v) is 11.8. The van der Waals surface area contributed by atoms with Crippen molar-refractivity contribution in [1.82, 2.24) is 0 Å². The van der Waals surface area contributed by atoms with Gasteiger partial charge in [0.15, 0.2) is 0 Å². The standard InChI is InChI=1S/C31H23Cl3P/c32-25-11-17-28(18-12-25)35(29-19-13-26(33)14-20-29,30-21-15-27(34)16-22-30)31(23-7-3-1-4-8-23)24-9-5-2-6-10-24/h1-22,31H/q+1. The van der Waals surface area contributed by atoms with Crippen LogP contribution < -0.4 is 15.9 Å². The van der Waals surface area contributed by atoms with E-state index in [1.165, 1.54) is 27.0 Å². The van der Waals surface area contributed by atoms with Gasteiger partial charge in [-0.05, 0) is 83.9 Å². The molecule has 0 spiro atoms. The third-order valence-electron chi connectivity index (χ3n) is 6.32. The Morgan fingerprint density at radius 2 is 0.657 bits per heavy atom. The molecule has 5 rings (SSSR count). The van der Waals surface area contributed by atoms with Crippen LogP contribution in [0.1, 0.15) is 16.8 Å². The smallest absolute Gasteiger partial charge is 0.0843 e. The topological polar surface area (TPSA) is 0 Å². The van der Waals surface area contributed by atoms with Gasteiger partial charge in [0.2, 0.25) is 0 Å². The van der Waals surface area contributed by atoms with Crippen LogP contribution in [0.25, 0.3) is 0 Å². The molecule has 0 saturated heterocycles. The van der Waals surface area contributed by atoms with E-state index in [2.05, 4.69) is 97.1 Å². The van der Waals surface area contributed by atoms with Crippen molar-refractivity contribution >= 4 is 58.0 Å². The van der Waals surface area contributed by atoms with Gasteiger partial charge in [-0.3, -0.25) is 0 Å². The zero-order valence-electron chi connectivity index (χ0n) is 18.9. The highest BCUT2D eigenvalue weighted by molar-refractivity contribution is 7.96. The average molecular weight is 533 g/mol. The molecule has 0 aliphatic heterocycles. The Kier molecular flexibility index (Phi) is 7.28. The molecule has 0 nitrogen and oxygen atoms in total. The van der Waals surface area contributed by atoms with E-state index in [0.29, 0.717) is 0 Å². The van der Waals surface area contributed by atoms with Crippen LogP contribution in [0, 0.1) is 0 Å². The zero-order chi connectivity index (χ0) is 24.3. The van der Waals surface area contributed by atoms with Gasteiger partial charge in [-0.25, -0.2) is 0 Å². The van der Waals surface area contributed by atoms with Crippen molar-refractivity contribution in [3.05, 3.63) is 160 Å². The first-order valence-electron chi connectivity index (χ1n) is 11.4. The molecule has 0 aromatic heterocycles. The summed E-state index contributed by atoms with van der Waals surface area (Å²) in [6.45, 7) is 0. The Hall–Kier alpha value is -2.60. The number of hydrogen-bond acceptors (Lipinski definition) is 0. The second-order valence-electron chi connectivity index (χ2n) is 8.38. The molecule has 0 unspecified atom stereocenters. The summed E-state index contributed by atoms with van der Waals surface area (Å²) in [5.74, 6) is 0. The van der Waals surface area contributed by atoms with Gasteiger partial charge < -0.3 is 0 Å². The molecule has 0 radical (unpaired) electrons. The van der Waals surface area contributed by atoms with E-state index in [1.54, 1.807) is 0 Å². The lowest BCUT2D eigenvalue weighted by atomic mass is 10.0. The highest BCUT2D eigenvalue weighted by Crippen LogP contribution is 2.69. The normalized spacial score (nSPS) is 11.5. The molecule has 0 heterocycles. The number of hydrogen-bond donors (Lipinski definition) is 0. The van der Waals surface area contributed by atoms with Crippen molar-refractivity contribution in [3.63, 3.8) is 0 Å². The fourth-order valence-corrected chi connectivity index (χ4v) is 10.1. The molecular weight excluding hydrogens is 510 g/mol. The van der Waals surface area contributed by atoms with Crippen molar-refractivity contribution in [3.8, 4) is 0 Å². The highest BCUT2D eigenvalue weighted by Gasteiger charge is 2.53. The summed E-state index contributed by atoms with van der Waals surface area (Å²) in [4.78, 5) is 0. The first-order chi connectivity index (χ1) is 17.1. The Morgan fingerprint density at radius 1 is 0.371 bits per heavy atom. The summed E-state index contributed by atoms with van der Waals surface area (Å²) in [6.07, 6.45) is 0. The first kappa shape index (κ1) is 24.1. The fraction of sp³-hybridized carbons (Fsp3) is 0.0323. The van der Waals surface area contributed by atoms with Crippen LogP contribution in [0.3, 0.4) is 0 Å². The monoisotopic (exact) mass is 531 g/mol. The van der Waals surface area contributed by atoms with Crippen molar-refractivity contribution in [2.24, 2.45) is 0 Å². The van der Waals surface area contributed by atoms with Crippen LogP contribution in [0.4, 0.5) is 0 Å². The minimum Gasteiger partial charge on any atom is -0.0843 e. The molecule has 0 bridgehead atoms. The van der Waals surface area contributed by atoms with E-state index in [1.807, 2.05) is 36.4 Å². The molecule has 4 heteroatoms. The van der Waals surface area contributed by atoms with Crippen LogP contribution in [0.15, 0.2) is 133 Å². The van der Waals surface area contributed by atoms with Gasteiger partial charge in [0.1, 0.15) is 28.8 Å². The van der Waals surface area contributed by atoms with Gasteiger partial charge in [0.25, 0.3) is 0 Å². The summed E-state index contributed by atoms with van der Waals surface area (Å²) in [5, 5.41) is 5.87. The van der Waals surface area contributed by atoms with E-state index in [-0.39, 0.29) is 5.66 Å². The van der Waals surface area contributed by atoms with Gasteiger partial charge in [0.05, 0.1) is 0 Å². The molecule has 0 N–H and O–H groups in total. The molecule has 35 heavy (non-hydrogen) atoms. The Labute approximate surface area is 222 Å². The first-order valence-corrected chi connectivity index (χ1v) is 14.4. The average Bonchev–Trinajstić information content (AvgIpc) is 2.90. The largest absolute Gasteiger partial charge is 0.133 e. The van der Waals surface area contributed by atoms with E-state index >= 15 is 0 Å². The molecule has 172 valence electrons. The highest BCUT2D eigenvalue weighted by atomic mass is 35.5. The number of benzene rings is 5. The summed E-state index contributed by atoms with van der Waals surface area (Å²) in [7, 11) is -2.34. The Bertz CT molecular complexity index is 1230. The Balaban J connectivity index is 1.95. The summed E-state index contributed by atoms with van der Waals surface area (Å²) in [6, 6.07) is 46.5. The molecule has 0 fully saturated rings. The number of halogens is 3. The van der Waals surface area contributed by atoms with Crippen LogP contribution in [-0.2, 0) is 0 Å². The quantitative estimate of drug-likeness (QED) is 0.192. The van der Waals surface area contributed by atoms with Crippen LogP contribution in [-0.4, -0.2) is 0 Å². The van der Waals surface area contributed by atoms with E-state index in [0.717, 1.165) is 15.1 Å². The molecule has 0 saturated carbocycles. The van der Waals surface area contributed by atoms with Crippen molar-refractivity contribution in [2.45, 2.75) is 5.66 Å².